The topological polar surface area (TPSA) is 92.7 Å². The van der Waals surface area contributed by atoms with Gasteiger partial charge in [0.2, 0.25) is 0 Å². The van der Waals surface area contributed by atoms with Gasteiger partial charge < -0.3 is 5.73 Å². The molecule has 0 amide bonds. The Morgan fingerprint density at radius 2 is 1.89 bits per heavy atom. The molecule has 7 heteroatoms. The van der Waals surface area contributed by atoms with Gasteiger partial charge in [-0.25, -0.2) is 9.97 Å². The zero-order valence-electron chi connectivity index (χ0n) is 14.4. The minimum Gasteiger partial charge on any atom is -0.401 e. The number of halogens is 1. The van der Waals surface area contributed by atoms with Gasteiger partial charge in [-0.05, 0) is 25.1 Å². The maximum atomic E-state index is 12.3. The predicted molar refractivity (Wildman–Crippen MR) is 111 cm³/mol. The van der Waals surface area contributed by atoms with E-state index in [0.717, 1.165) is 20.9 Å². The van der Waals surface area contributed by atoms with E-state index in [2.05, 4.69) is 25.9 Å². The molecule has 1 heterocycles. The predicted octanol–water partition coefficient (Wildman–Crippen LogP) is 4.48. The lowest BCUT2D eigenvalue weighted by atomic mass is 10.2. The Hall–Kier alpha value is -2.69. The Labute approximate surface area is 169 Å². The van der Waals surface area contributed by atoms with Crippen LogP contribution in [0.4, 0.5) is 0 Å². The molecule has 0 radical (unpaired) electrons. The third kappa shape index (κ3) is 4.35. The van der Waals surface area contributed by atoms with Crippen LogP contribution < -0.4 is 5.73 Å². The highest BCUT2D eigenvalue weighted by Gasteiger charge is 2.15. The summed E-state index contributed by atoms with van der Waals surface area (Å²) in [7, 11) is 0. The summed E-state index contributed by atoms with van der Waals surface area (Å²) in [5.41, 5.74) is 7.52. The number of Topliss-reactive ketones (excluding diaryl/α,β-unsaturated/α-hetero) is 1. The number of thioether (sulfide) groups is 1. The summed E-state index contributed by atoms with van der Waals surface area (Å²) in [5, 5.41) is 10.7. The van der Waals surface area contributed by atoms with Gasteiger partial charge in [-0.1, -0.05) is 58.0 Å². The van der Waals surface area contributed by atoms with E-state index in [9.17, 15) is 4.79 Å². The molecule has 5 nitrogen and oxygen atoms in total. The molecule has 2 aromatic carbocycles. The van der Waals surface area contributed by atoms with Gasteiger partial charge in [-0.2, -0.15) is 5.26 Å². The molecule has 0 unspecified atom stereocenters. The third-order valence-corrected chi connectivity index (χ3v) is 5.32. The number of carbonyl (C=O) groups is 1. The van der Waals surface area contributed by atoms with E-state index in [0.29, 0.717) is 10.9 Å². The van der Waals surface area contributed by atoms with Gasteiger partial charge in [-0.3, -0.25) is 4.79 Å². The number of carbonyl (C=O) groups excluding carboxylic acids is 1. The second-order valence-corrected chi connectivity index (χ2v) is 7.64. The van der Waals surface area contributed by atoms with Crippen molar-refractivity contribution < 1.29 is 4.79 Å². The van der Waals surface area contributed by atoms with Gasteiger partial charge >= 0.3 is 0 Å². The fraction of sp³-hybridized carbons (Fsp3) is 0.100. The van der Waals surface area contributed by atoms with Crippen LogP contribution in [-0.2, 0) is 4.79 Å². The van der Waals surface area contributed by atoms with Gasteiger partial charge in [0.05, 0.1) is 11.3 Å². The maximum absolute atomic E-state index is 12.3. The van der Waals surface area contributed by atoms with Crippen LogP contribution in [0.15, 0.2) is 69.3 Å². The van der Waals surface area contributed by atoms with E-state index in [4.69, 9.17) is 11.0 Å². The first kappa shape index (κ1) is 19.1. The van der Waals surface area contributed by atoms with Crippen LogP contribution in [0.25, 0.3) is 22.3 Å². The number of rotatable bonds is 5. The number of nitriles is 1. The van der Waals surface area contributed by atoms with E-state index >= 15 is 0 Å². The zero-order valence-corrected chi connectivity index (χ0v) is 16.8. The molecule has 0 spiro atoms. The Bertz CT molecular complexity index is 1080. The van der Waals surface area contributed by atoms with E-state index < -0.39 is 0 Å². The van der Waals surface area contributed by atoms with Gasteiger partial charge in [0.15, 0.2) is 11.6 Å². The van der Waals surface area contributed by atoms with Crippen molar-refractivity contribution in [1.29, 1.82) is 5.26 Å². The third-order valence-electron chi connectivity index (χ3n) is 3.80. The van der Waals surface area contributed by atoms with Crippen molar-refractivity contribution in [3.63, 3.8) is 0 Å². The quantitative estimate of drug-likeness (QED) is 0.273. The molecule has 0 aliphatic rings. The lowest BCUT2D eigenvalue weighted by Crippen LogP contribution is -2.10. The standard InChI is InChI=1S/C20H15BrN4OS/c1-12(23)16(10-22)18(26)11-27-20-15-4-2-3-5-17(15)24-19(25-20)13-6-8-14(21)9-7-13/h2-9H,11,23H2,1H3/b16-12+. The van der Waals surface area contributed by atoms with Crippen LogP contribution in [0.2, 0.25) is 0 Å². The van der Waals surface area contributed by atoms with Crippen LogP contribution in [-0.4, -0.2) is 21.5 Å². The fourth-order valence-electron chi connectivity index (χ4n) is 2.46. The van der Waals surface area contributed by atoms with E-state index in [1.807, 2.05) is 54.6 Å². The van der Waals surface area contributed by atoms with Gasteiger partial charge in [0, 0.05) is 21.1 Å². The minimum atomic E-state index is -0.310. The van der Waals surface area contributed by atoms with E-state index in [1.165, 1.54) is 11.8 Å². The number of ketones is 1. The molecular formula is C20H15BrN4OS. The van der Waals surface area contributed by atoms with Crippen molar-refractivity contribution in [2.24, 2.45) is 5.73 Å². The van der Waals surface area contributed by atoms with Crippen LogP contribution in [0.5, 0.6) is 0 Å². The van der Waals surface area contributed by atoms with Crippen LogP contribution in [0, 0.1) is 11.3 Å². The summed E-state index contributed by atoms with van der Waals surface area (Å²) < 4.78 is 0.972. The molecule has 134 valence electrons. The summed E-state index contributed by atoms with van der Waals surface area (Å²) in [4.78, 5) is 21.6. The summed E-state index contributed by atoms with van der Waals surface area (Å²) in [5.74, 6) is 0.357. The largest absolute Gasteiger partial charge is 0.401 e. The maximum Gasteiger partial charge on any atom is 0.185 e. The number of allylic oxidation sites excluding steroid dienone is 2. The van der Waals surface area contributed by atoms with Crippen molar-refractivity contribution in [2.45, 2.75) is 11.9 Å². The summed E-state index contributed by atoms with van der Waals surface area (Å²) in [6, 6.07) is 17.2. The molecule has 0 atom stereocenters. The van der Waals surface area contributed by atoms with Crippen LogP contribution in [0.1, 0.15) is 6.92 Å². The van der Waals surface area contributed by atoms with Crippen LogP contribution >= 0.6 is 27.7 Å². The first-order valence-corrected chi connectivity index (χ1v) is 9.82. The molecule has 0 bridgehead atoms. The highest BCUT2D eigenvalue weighted by atomic mass is 79.9. The molecule has 1 aromatic heterocycles. The van der Waals surface area contributed by atoms with Crippen molar-refractivity contribution in [1.82, 2.24) is 9.97 Å². The molecule has 27 heavy (non-hydrogen) atoms. The fourth-order valence-corrected chi connectivity index (χ4v) is 3.62. The Morgan fingerprint density at radius 1 is 1.19 bits per heavy atom. The average Bonchev–Trinajstić information content (AvgIpc) is 2.66. The van der Waals surface area contributed by atoms with Gasteiger partial charge in [0.25, 0.3) is 0 Å². The second kappa shape index (κ2) is 8.33. The molecule has 2 N–H and O–H groups in total. The summed E-state index contributed by atoms with van der Waals surface area (Å²) in [6.07, 6.45) is 0. The number of hydrogen-bond donors (Lipinski definition) is 1. The van der Waals surface area contributed by atoms with Crippen molar-refractivity contribution in [3.8, 4) is 17.5 Å². The molecule has 0 aliphatic heterocycles. The lowest BCUT2D eigenvalue weighted by molar-refractivity contribution is -0.112. The van der Waals surface area contributed by atoms with Crippen molar-refractivity contribution in [2.75, 3.05) is 5.75 Å². The first-order chi connectivity index (χ1) is 13.0. The highest BCUT2D eigenvalue weighted by Crippen LogP contribution is 2.29. The average molecular weight is 439 g/mol. The Kier molecular flexibility index (Phi) is 5.89. The van der Waals surface area contributed by atoms with Crippen LogP contribution in [0.3, 0.4) is 0 Å². The summed E-state index contributed by atoms with van der Waals surface area (Å²) in [6.45, 7) is 1.55. The number of nitrogens with two attached hydrogens (primary N) is 1. The van der Waals surface area contributed by atoms with Crippen molar-refractivity contribution >= 4 is 44.4 Å². The number of fused-ring (bicyclic) bond motifs is 1. The molecule has 3 rings (SSSR count). The highest BCUT2D eigenvalue weighted by molar-refractivity contribution is 9.10. The normalized spacial score (nSPS) is 11.7. The van der Waals surface area contributed by atoms with Gasteiger partial charge in [-0.15, -0.1) is 0 Å². The number of benzene rings is 2. The molecule has 0 fully saturated rings. The smallest absolute Gasteiger partial charge is 0.185 e. The molecule has 0 saturated carbocycles. The Balaban J connectivity index is 1.99. The zero-order chi connectivity index (χ0) is 19.4. The van der Waals surface area contributed by atoms with Crippen molar-refractivity contribution in [3.05, 3.63) is 64.3 Å². The summed E-state index contributed by atoms with van der Waals surface area (Å²) >= 11 is 4.70. The first-order valence-electron chi connectivity index (χ1n) is 8.04. The SMILES string of the molecule is C/C(N)=C(/C#N)C(=O)CSc1nc(-c2ccc(Br)cc2)nc2ccccc12. The lowest BCUT2D eigenvalue weighted by Gasteiger charge is -2.08. The Morgan fingerprint density at radius 3 is 2.56 bits per heavy atom. The molecule has 0 saturated heterocycles. The van der Waals surface area contributed by atoms with Gasteiger partial charge in [0.1, 0.15) is 16.7 Å². The number of hydrogen-bond acceptors (Lipinski definition) is 6. The molecule has 0 aliphatic carbocycles. The number of aromatic nitrogens is 2. The monoisotopic (exact) mass is 438 g/mol. The number of nitrogens with zero attached hydrogens (tertiary/aromatic N) is 3. The minimum absolute atomic E-state index is 0.00556. The van der Waals surface area contributed by atoms with E-state index in [1.54, 1.807) is 6.92 Å². The second-order valence-electron chi connectivity index (χ2n) is 5.76. The number of para-hydroxylation sites is 1. The molecule has 3 aromatic rings. The molecular weight excluding hydrogens is 424 g/mol. The van der Waals surface area contributed by atoms with E-state index in [-0.39, 0.29) is 22.8 Å².